The highest BCUT2D eigenvalue weighted by molar-refractivity contribution is 6.31. The van der Waals surface area contributed by atoms with E-state index in [0.29, 0.717) is 22.8 Å². The minimum atomic E-state index is -0.414. The van der Waals surface area contributed by atoms with Crippen LogP contribution in [0.4, 0.5) is 0 Å². The van der Waals surface area contributed by atoms with Gasteiger partial charge in [0.25, 0.3) is 0 Å². The Hall–Kier alpha value is -2.14. The van der Waals surface area contributed by atoms with Gasteiger partial charge in [-0.3, -0.25) is 4.40 Å². The van der Waals surface area contributed by atoms with Crippen LogP contribution in [0.15, 0.2) is 30.6 Å². The van der Waals surface area contributed by atoms with E-state index in [4.69, 9.17) is 16.3 Å². The van der Waals surface area contributed by atoms with Crippen LogP contribution in [0.1, 0.15) is 31.1 Å². The first-order chi connectivity index (χ1) is 10.2. The number of esters is 1. The van der Waals surface area contributed by atoms with Gasteiger partial charge in [0.15, 0.2) is 5.65 Å². The number of hydrogen-bond donors (Lipinski definition) is 0. The van der Waals surface area contributed by atoms with Gasteiger partial charge >= 0.3 is 5.97 Å². The molecule has 0 saturated heterocycles. The number of fused-ring (bicyclic) bond motifs is 3. The van der Waals surface area contributed by atoms with E-state index >= 15 is 0 Å². The lowest BCUT2D eigenvalue weighted by molar-refractivity contribution is 0.0528. The van der Waals surface area contributed by atoms with Gasteiger partial charge in [0, 0.05) is 10.4 Å². The van der Waals surface area contributed by atoms with Gasteiger partial charge < -0.3 is 4.74 Å². The lowest BCUT2D eigenvalue weighted by atomic mass is 10.1. The van der Waals surface area contributed by atoms with Crippen molar-refractivity contribution in [2.45, 2.75) is 20.8 Å². The van der Waals surface area contributed by atoms with Gasteiger partial charge in [-0.1, -0.05) is 25.4 Å². The second kappa shape index (κ2) is 6.54. The Balaban J connectivity index is 0.000000774. The molecule has 0 saturated carbocycles. The van der Waals surface area contributed by atoms with Crippen LogP contribution in [0.3, 0.4) is 0 Å². The summed E-state index contributed by atoms with van der Waals surface area (Å²) in [6.45, 7) is 6.07. The van der Waals surface area contributed by atoms with Crippen molar-refractivity contribution in [3.63, 3.8) is 0 Å². The maximum atomic E-state index is 11.9. The molecule has 3 rings (SSSR count). The smallest absolute Gasteiger partial charge is 0.342 e. The van der Waals surface area contributed by atoms with Crippen molar-refractivity contribution in [2.24, 2.45) is 0 Å². The van der Waals surface area contributed by atoms with E-state index in [2.05, 4.69) is 10.2 Å². The normalized spacial score (nSPS) is 10.3. The minimum Gasteiger partial charge on any atom is -0.462 e. The summed E-state index contributed by atoms with van der Waals surface area (Å²) >= 11 is 5.98. The molecule has 2 aromatic heterocycles. The zero-order valence-electron chi connectivity index (χ0n) is 12.1. The fourth-order valence-electron chi connectivity index (χ4n) is 2.03. The zero-order chi connectivity index (χ0) is 15.4. The van der Waals surface area contributed by atoms with E-state index in [9.17, 15) is 4.79 Å². The molecule has 1 aromatic carbocycles. The second-order valence-corrected chi connectivity index (χ2v) is 4.44. The van der Waals surface area contributed by atoms with E-state index in [-0.39, 0.29) is 0 Å². The number of rotatable bonds is 2. The van der Waals surface area contributed by atoms with Crippen LogP contribution < -0.4 is 0 Å². The van der Waals surface area contributed by atoms with Crippen LogP contribution >= 0.6 is 11.6 Å². The highest BCUT2D eigenvalue weighted by Gasteiger charge is 2.16. The third kappa shape index (κ3) is 2.83. The number of carbonyl (C=O) groups excluding carboxylic acids is 1. The molecule has 0 fully saturated rings. The maximum absolute atomic E-state index is 11.9. The minimum absolute atomic E-state index is 0.312. The van der Waals surface area contributed by atoms with Gasteiger partial charge in [-0.05, 0) is 31.2 Å². The van der Waals surface area contributed by atoms with Gasteiger partial charge in [-0.15, -0.1) is 10.2 Å². The van der Waals surface area contributed by atoms with Crippen molar-refractivity contribution in [1.29, 1.82) is 0 Å². The molecule has 0 amide bonds. The van der Waals surface area contributed by atoms with Crippen LogP contribution in [0, 0.1) is 0 Å². The van der Waals surface area contributed by atoms with Crippen molar-refractivity contribution in [2.75, 3.05) is 6.61 Å². The molecule has 0 N–H and O–H groups in total. The van der Waals surface area contributed by atoms with E-state index in [1.54, 1.807) is 35.9 Å². The molecule has 6 heteroatoms. The summed E-state index contributed by atoms with van der Waals surface area (Å²) in [5.74, 6) is -0.414. The second-order valence-electron chi connectivity index (χ2n) is 4.01. The van der Waals surface area contributed by atoms with E-state index < -0.39 is 5.97 Å². The Morgan fingerprint density at radius 1 is 1.33 bits per heavy atom. The van der Waals surface area contributed by atoms with Gasteiger partial charge in [0.05, 0.1) is 12.1 Å². The van der Waals surface area contributed by atoms with Crippen molar-refractivity contribution in [3.05, 3.63) is 41.2 Å². The Morgan fingerprint density at radius 2 is 2.10 bits per heavy atom. The number of halogens is 1. The molecule has 21 heavy (non-hydrogen) atoms. The predicted octanol–water partition coefficient (Wildman–Crippen LogP) is 3.74. The number of carbonyl (C=O) groups is 1. The molecule has 3 aromatic rings. The first-order valence-corrected chi connectivity index (χ1v) is 7.17. The Labute approximate surface area is 127 Å². The Bertz CT molecular complexity index is 783. The number of pyridine rings is 1. The monoisotopic (exact) mass is 305 g/mol. The molecule has 0 spiro atoms. The van der Waals surface area contributed by atoms with Crippen LogP contribution in [0.5, 0.6) is 0 Å². The first kappa shape index (κ1) is 15.3. The fourth-order valence-corrected chi connectivity index (χ4v) is 2.21. The summed E-state index contributed by atoms with van der Waals surface area (Å²) in [5.41, 5.74) is 1.75. The van der Waals surface area contributed by atoms with Crippen LogP contribution in [0.2, 0.25) is 5.02 Å². The molecule has 0 bridgehead atoms. The number of benzene rings is 1. The number of ether oxygens (including phenoxy) is 1. The average molecular weight is 306 g/mol. The van der Waals surface area contributed by atoms with Crippen molar-refractivity contribution < 1.29 is 9.53 Å². The maximum Gasteiger partial charge on any atom is 0.342 e. The van der Waals surface area contributed by atoms with Crippen LogP contribution in [-0.2, 0) is 4.74 Å². The lowest BCUT2D eigenvalue weighted by Crippen LogP contribution is -2.07. The largest absolute Gasteiger partial charge is 0.462 e. The van der Waals surface area contributed by atoms with Crippen molar-refractivity contribution in [3.8, 4) is 0 Å². The summed E-state index contributed by atoms with van der Waals surface area (Å²) in [4.78, 5) is 11.9. The SMILES string of the molecule is CC.CCOC(=O)c1cc2cc(Cl)ccc2n2cnnc12. The Morgan fingerprint density at radius 3 is 2.81 bits per heavy atom. The van der Waals surface area contributed by atoms with Crippen LogP contribution in [0.25, 0.3) is 16.6 Å². The quantitative estimate of drug-likeness (QED) is 0.677. The molecule has 5 nitrogen and oxygen atoms in total. The summed E-state index contributed by atoms with van der Waals surface area (Å²) in [6, 6.07) is 7.17. The van der Waals surface area contributed by atoms with E-state index in [1.807, 2.05) is 19.9 Å². The zero-order valence-corrected chi connectivity index (χ0v) is 12.9. The van der Waals surface area contributed by atoms with E-state index in [0.717, 1.165) is 10.9 Å². The number of aromatic nitrogens is 3. The van der Waals surface area contributed by atoms with Gasteiger partial charge in [-0.25, -0.2) is 4.79 Å². The number of nitrogens with zero attached hydrogens (tertiary/aromatic N) is 3. The molecule has 0 atom stereocenters. The molecule has 0 aliphatic heterocycles. The average Bonchev–Trinajstić information content (AvgIpc) is 2.98. The molecular formula is C15H16ClN3O2. The molecule has 2 heterocycles. The lowest BCUT2D eigenvalue weighted by Gasteiger charge is -2.07. The fraction of sp³-hybridized carbons (Fsp3) is 0.267. The van der Waals surface area contributed by atoms with Crippen LogP contribution in [-0.4, -0.2) is 27.2 Å². The highest BCUT2D eigenvalue weighted by atomic mass is 35.5. The summed E-state index contributed by atoms with van der Waals surface area (Å²) in [7, 11) is 0. The third-order valence-corrected chi connectivity index (χ3v) is 3.07. The van der Waals surface area contributed by atoms with Gasteiger partial charge in [-0.2, -0.15) is 0 Å². The van der Waals surface area contributed by atoms with Crippen molar-refractivity contribution in [1.82, 2.24) is 14.6 Å². The molecule has 0 unspecified atom stereocenters. The summed E-state index contributed by atoms with van der Waals surface area (Å²) in [5, 5.41) is 9.27. The highest BCUT2D eigenvalue weighted by Crippen LogP contribution is 2.23. The molecule has 110 valence electrons. The van der Waals surface area contributed by atoms with E-state index in [1.165, 1.54) is 0 Å². The molecule has 0 aliphatic carbocycles. The third-order valence-electron chi connectivity index (χ3n) is 2.83. The number of hydrogen-bond acceptors (Lipinski definition) is 4. The molecule has 0 radical (unpaired) electrons. The summed E-state index contributed by atoms with van der Waals surface area (Å²) in [6.07, 6.45) is 1.56. The predicted molar refractivity (Wildman–Crippen MR) is 82.8 cm³/mol. The topological polar surface area (TPSA) is 56.5 Å². The molecule has 0 aliphatic rings. The molecular weight excluding hydrogens is 290 g/mol. The first-order valence-electron chi connectivity index (χ1n) is 6.80. The standard InChI is InChI=1S/C13H10ClN3O2.C2H6/c1-2-19-13(18)10-6-8-5-9(14)3-4-11(8)17-7-15-16-12(10)17;1-2/h3-7H,2H2,1H3;1-2H3. The summed E-state index contributed by atoms with van der Waals surface area (Å²) < 4.78 is 6.78. The Kier molecular flexibility index (Phi) is 4.75. The van der Waals surface area contributed by atoms with Crippen molar-refractivity contribution >= 4 is 34.1 Å². The van der Waals surface area contributed by atoms with Gasteiger partial charge in [0.1, 0.15) is 11.9 Å². The van der Waals surface area contributed by atoms with Gasteiger partial charge in [0.2, 0.25) is 0 Å².